The van der Waals surface area contributed by atoms with Crippen LogP contribution >= 0.6 is 15.9 Å². The van der Waals surface area contributed by atoms with Gasteiger partial charge in [-0.25, -0.2) is 0 Å². The molecule has 2 heteroatoms. The quantitative estimate of drug-likeness (QED) is 0.709. The first-order valence-corrected chi connectivity index (χ1v) is 8.11. The van der Waals surface area contributed by atoms with Gasteiger partial charge in [-0.05, 0) is 36.8 Å². The number of aryl methyl sites for hydroxylation is 1. The number of halogens is 1. The van der Waals surface area contributed by atoms with E-state index >= 15 is 0 Å². The van der Waals surface area contributed by atoms with Crippen LogP contribution in [-0.4, -0.2) is 11.4 Å². The summed E-state index contributed by atoms with van der Waals surface area (Å²) >= 11 is 3.61. The largest absolute Gasteiger partial charge is 0.369 e. The minimum atomic E-state index is 0.191. The zero-order chi connectivity index (χ0) is 13.0. The molecule has 0 spiro atoms. The number of alkyl halides is 1. The smallest absolute Gasteiger partial charge is 0.0928 e. The molecule has 100 valence electrons. The van der Waals surface area contributed by atoms with E-state index in [2.05, 4.69) is 54.0 Å². The molecule has 0 N–H and O–H groups in total. The monoisotopic (exact) mass is 310 g/mol. The number of ether oxygens (including phenoxy) is 1. The molecule has 0 heterocycles. The van der Waals surface area contributed by atoms with Crippen molar-refractivity contribution in [2.75, 3.05) is 5.33 Å². The van der Waals surface area contributed by atoms with Crippen molar-refractivity contribution in [2.45, 2.75) is 51.7 Å². The van der Waals surface area contributed by atoms with Crippen LogP contribution in [0.25, 0.3) is 0 Å². The zero-order valence-corrected chi connectivity index (χ0v) is 12.9. The van der Waals surface area contributed by atoms with Crippen molar-refractivity contribution in [3.63, 3.8) is 0 Å². The molecule has 0 aliphatic heterocycles. The molecule has 0 bridgehead atoms. The molecule has 3 unspecified atom stereocenters. The lowest BCUT2D eigenvalue weighted by atomic mass is 9.87. The summed E-state index contributed by atoms with van der Waals surface area (Å²) in [4.78, 5) is 0. The Bertz CT molecular complexity index is 377. The van der Waals surface area contributed by atoms with Crippen molar-refractivity contribution < 1.29 is 4.74 Å². The highest BCUT2D eigenvalue weighted by Crippen LogP contribution is 2.32. The first-order valence-electron chi connectivity index (χ1n) is 6.99. The maximum absolute atomic E-state index is 6.37. The van der Waals surface area contributed by atoms with Crippen LogP contribution in [0.3, 0.4) is 0 Å². The Morgan fingerprint density at radius 1 is 1.28 bits per heavy atom. The highest BCUT2D eigenvalue weighted by Gasteiger charge is 2.25. The molecule has 2 rings (SSSR count). The van der Waals surface area contributed by atoms with Crippen LogP contribution in [0.4, 0.5) is 0 Å². The second-order valence-electron chi connectivity index (χ2n) is 5.44. The molecule has 1 aromatic carbocycles. The number of rotatable bonds is 4. The van der Waals surface area contributed by atoms with E-state index in [0.717, 1.165) is 5.33 Å². The molecule has 0 saturated heterocycles. The molecule has 1 saturated carbocycles. The van der Waals surface area contributed by atoms with Gasteiger partial charge in [0, 0.05) is 5.33 Å². The third-order valence-corrected chi connectivity index (χ3v) is 4.64. The van der Waals surface area contributed by atoms with E-state index in [1.807, 2.05) is 0 Å². The van der Waals surface area contributed by atoms with Gasteiger partial charge in [0.15, 0.2) is 0 Å². The third kappa shape index (κ3) is 3.36. The predicted octanol–water partition coefficient (Wildman–Crippen LogP) is 5.03. The van der Waals surface area contributed by atoms with E-state index in [1.54, 1.807) is 0 Å². The molecular formula is C16H23BrO. The average molecular weight is 311 g/mol. The van der Waals surface area contributed by atoms with Gasteiger partial charge in [-0.3, -0.25) is 0 Å². The van der Waals surface area contributed by atoms with Crippen molar-refractivity contribution in [3.05, 3.63) is 35.4 Å². The van der Waals surface area contributed by atoms with Crippen molar-refractivity contribution in [3.8, 4) is 0 Å². The van der Waals surface area contributed by atoms with Crippen molar-refractivity contribution in [1.29, 1.82) is 0 Å². The number of benzene rings is 1. The second-order valence-corrected chi connectivity index (χ2v) is 6.08. The first kappa shape index (κ1) is 14.1. The van der Waals surface area contributed by atoms with Gasteiger partial charge in [-0.2, -0.15) is 0 Å². The molecule has 1 nitrogen and oxygen atoms in total. The summed E-state index contributed by atoms with van der Waals surface area (Å²) in [5, 5.41) is 0.876. The highest BCUT2D eigenvalue weighted by molar-refractivity contribution is 9.09. The van der Waals surface area contributed by atoms with Gasteiger partial charge in [0.2, 0.25) is 0 Å². The Hall–Kier alpha value is -0.340. The topological polar surface area (TPSA) is 9.23 Å². The fraction of sp³-hybridized carbons (Fsp3) is 0.625. The minimum Gasteiger partial charge on any atom is -0.369 e. The average Bonchev–Trinajstić information content (AvgIpc) is 2.39. The Morgan fingerprint density at radius 3 is 2.67 bits per heavy atom. The van der Waals surface area contributed by atoms with E-state index in [4.69, 9.17) is 4.74 Å². The molecular weight excluding hydrogens is 288 g/mol. The molecule has 0 amide bonds. The summed E-state index contributed by atoms with van der Waals surface area (Å²) < 4.78 is 6.37. The molecule has 1 fully saturated rings. The lowest BCUT2D eigenvalue weighted by Gasteiger charge is -2.32. The van der Waals surface area contributed by atoms with Gasteiger partial charge in [0.1, 0.15) is 0 Å². The van der Waals surface area contributed by atoms with E-state index in [1.165, 1.54) is 36.8 Å². The second kappa shape index (κ2) is 6.72. The Morgan fingerprint density at radius 2 is 2.00 bits per heavy atom. The van der Waals surface area contributed by atoms with E-state index in [-0.39, 0.29) is 6.10 Å². The molecule has 0 aromatic heterocycles. The summed E-state index contributed by atoms with van der Waals surface area (Å²) in [7, 11) is 0. The maximum Gasteiger partial charge on any atom is 0.0928 e. The van der Waals surface area contributed by atoms with Crippen molar-refractivity contribution in [1.82, 2.24) is 0 Å². The summed E-state index contributed by atoms with van der Waals surface area (Å²) in [5.74, 6) is 0.698. The van der Waals surface area contributed by atoms with Crippen molar-refractivity contribution in [2.24, 2.45) is 5.92 Å². The third-order valence-electron chi connectivity index (χ3n) is 4.05. The van der Waals surface area contributed by atoms with Crippen molar-refractivity contribution >= 4 is 15.9 Å². The SMILES string of the molecule is Cc1ccccc1C(CBr)OC1CCCCC1C. The predicted molar refractivity (Wildman–Crippen MR) is 80.2 cm³/mol. The Labute approximate surface area is 119 Å². The van der Waals surface area contributed by atoms with Gasteiger partial charge < -0.3 is 4.74 Å². The Kier molecular flexibility index (Phi) is 5.25. The summed E-state index contributed by atoms with van der Waals surface area (Å²) in [6, 6.07) is 8.55. The maximum atomic E-state index is 6.37. The van der Waals surface area contributed by atoms with Crippen LogP contribution in [0.2, 0.25) is 0 Å². The molecule has 1 aliphatic rings. The lowest BCUT2D eigenvalue weighted by Crippen LogP contribution is -2.28. The van der Waals surface area contributed by atoms with Crippen LogP contribution in [0.5, 0.6) is 0 Å². The fourth-order valence-corrected chi connectivity index (χ4v) is 3.34. The van der Waals surface area contributed by atoms with E-state index in [9.17, 15) is 0 Å². The molecule has 18 heavy (non-hydrogen) atoms. The molecule has 1 aliphatic carbocycles. The Balaban J connectivity index is 2.07. The van der Waals surface area contributed by atoms with Gasteiger partial charge in [0.25, 0.3) is 0 Å². The van der Waals surface area contributed by atoms with Crippen LogP contribution < -0.4 is 0 Å². The minimum absolute atomic E-state index is 0.191. The van der Waals surface area contributed by atoms with Gasteiger partial charge in [0.05, 0.1) is 12.2 Å². The number of hydrogen-bond donors (Lipinski definition) is 0. The molecule has 0 radical (unpaired) electrons. The summed E-state index contributed by atoms with van der Waals surface area (Å²) in [5.41, 5.74) is 2.65. The normalized spacial score (nSPS) is 25.9. The van der Waals surface area contributed by atoms with Crippen LogP contribution in [-0.2, 0) is 4.74 Å². The van der Waals surface area contributed by atoms with E-state index < -0.39 is 0 Å². The standard InChI is InChI=1S/C16H23BrO/c1-12-7-3-5-9-14(12)16(11-17)18-15-10-6-4-8-13(15)2/h3,5,7,9,13,15-16H,4,6,8,10-11H2,1-2H3. The van der Waals surface area contributed by atoms with Crippen LogP contribution in [0.1, 0.15) is 49.8 Å². The van der Waals surface area contributed by atoms with Crippen LogP contribution in [0.15, 0.2) is 24.3 Å². The van der Waals surface area contributed by atoms with E-state index in [0.29, 0.717) is 12.0 Å². The first-order chi connectivity index (χ1) is 8.72. The molecule has 3 atom stereocenters. The summed E-state index contributed by atoms with van der Waals surface area (Å²) in [6.07, 6.45) is 5.84. The lowest BCUT2D eigenvalue weighted by molar-refractivity contribution is -0.0470. The highest BCUT2D eigenvalue weighted by atomic mass is 79.9. The molecule has 1 aromatic rings. The van der Waals surface area contributed by atoms with Gasteiger partial charge in [-0.15, -0.1) is 0 Å². The van der Waals surface area contributed by atoms with Gasteiger partial charge >= 0.3 is 0 Å². The fourth-order valence-electron chi connectivity index (χ4n) is 2.84. The van der Waals surface area contributed by atoms with Crippen LogP contribution in [0, 0.1) is 12.8 Å². The van der Waals surface area contributed by atoms with Gasteiger partial charge in [-0.1, -0.05) is 60.0 Å². The number of hydrogen-bond acceptors (Lipinski definition) is 1. The summed E-state index contributed by atoms with van der Waals surface area (Å²) in [6.45, 7) is 4.49. The zero-order valence-electron chi connectivity index (χ0n) is 11.4.